The molecule has 33 heavy (non-hydrogen) atoms. The molecule has 1 aliphatic rings. The van der Waals surface area contributed by atoms with Crippen molar-refractivity contribution in [1.29, 1.82) is 0 Å². The van der Waals surface area contributed by atoms with E-state index in [0.717, 1.165) is 21.7 Å². The van der Waals surface area contributed by atoms with Crippen molar-refractivity contribution < 1.29 is 14.3 Å². The van der Waals surface area contributed by atoms with E-state index in [1.54, 1.807) is 30.8 Å². The van der Waals surface area contributed by atoms with E-state index in [1.165, 1.54) is 11.8 Å². The molecule has 4 rings (SSSR count). The third-order valence-corrected chi connectivity index (χ3v) is 6.79. The van der Waals surface area contributed by atoms with Crippen molar-refractivity contribution in [2.75, 3.05) is 20.4 Å². The van der Waals surface area contributed by atoms with Gasteiger partial charge in [0.1, 0.15) is 6.61 Å². The second-order valence-electron chi connectivity index (χ2n) is 7.26. The fourth-order valence-electron chi connectivity index (χ4n) is 3.22. The molecule has 0 bridgehead atoms. The molecular formula is C26H24N2O3S2. The zero-order valence-electron chi connectivity index (χ0n) is 18.6. The normalized spacial score (nSPS) is 16.0. The van der Waals surface area contributed by atoms with Gasteiger partial charge in [-0.05, 0) is 65.6 Å². The summed E-state index contributed by atoms with van der Waals surface area (Å²) in [5.41, 5.74) is 2.76. The lowest BCUT2D eigenvalue weighted by molar-refractivity contribution is -0.121. The Morgan fingerprint density at radius 2 is 1.85 bits per heavy atom. The lowest BCUT2D eigenvalue weighted by Gasteiger charge is -2.11. The summed E-state index contributed by atoms with van der Waals surface area (Å²) in [6, 6.07) is 23.6. The van der Waals surface area contributed by atoms with Crippen molar-refractivity contribution in [2.45, 2.75) is 11.5 Å². The Labute approximate surface area is 202 Å². The van der Waals surface area contributed by atoms with Crippen LogP contribution >= 0.6 is 23.5 Å². The average molecular weight is 477 g/mol. The highest BCUT2D eigenvalue weighted by atomic mass is 32.2. The number of methoxy groups -OCH3 is 1. The molecule has 0 N–H and O–H groups in total. The number of amidine groups is 1. The van der Waals surface area contributed by atoms with Gasteiger partial charge in [-0.25, -0.2) is 4.99 Å². The molecule has 1 aliphatic heterocycles. The second kappa shape index (κ2) is 10.6. The van der Waals surface area contributed by atoms with Gasteiger partial charge in [0.2, 0.25) is 0 Å². The number of hydrogen-bond donors (Lipinski definition) is 0. The number of likely N-dealkylation sites (N-methyl/N-ethyl adjacent to an activating group) is 1. The van der Waals surface area contributed by atoms with Crippen molar-refractivity contribution in [1.82, 2.24) is 4.90 Å². The Hall–Kier alpha value is -3.16. The fourth-order valence-corrected chi connectivity index (χ4v) is 4.66. The summed E-state index contributed by atoms with van der Waals surface area (Å²) in [6.45, 7) is 0.453. The molecule has 0 aliphatic carbocycles. The molecule has 3 aromatic carbocycles. The van der Waals surface area contributed by atoms with Crippen LogP contribution in [-0.4, -0.2) is 36.4 Å². The number of hydrogen-bond acceptors (Lipinski definition) is 6. The molecule has 1 amide bonds. The minimum Gasteiger partial charge on any atom is -0.493 e. The van der Waals surface area contributed by atoms with Gasteiger partial charge < -0.3 is 9.47 Å². The Morgan fingerprint density at radius 1 is 1.03 bits per heavy atom. The molecule has 0 unspecified atom stereocenters. The largest absolute Gasteiger partial charge is 0.493 e. The number of amides is 1. The number of aliphatic imine (C=N–C) groups is 1. The van der Waals surface area contributed by atoms with E-state index in [9.17, 15) is 4.79 Å². The van der Waals surface area contributed by atoms with Crippen molar-refractivity contribution in [3.8, 4) is 11.5 Å². The van der Waals surface area contributed by atoms with Crippen molar-refractivity contribution in [2.24, 2.45) is 4.99 Å². The third-order valence-electron chi connectivity index (χ3n) is 5.00. The van der Waals surface area contributed by atoms with Crippen molar-refractivity contribution in [3.05, 3.63) is 88.8 Å². The molecule has 7 heteroatoms. The summed E-state index contributed by atoms with van der Waals surface area (Å²) in [6.07, 6.45) is 3.88. The first-order chi connectivity index (χ1) is 16.1. The van der Waals surface area contributed by atoms with Crippen LogP contribution in [0, 0.1) is 0 Å². The summed E-state index contributed by atoms with van der Waals surface area (Å²) >= 11 is 3.02. The van der Waals surface area contributed by atoms with E-state index in [-0.39, 0.29) is 5.91 Å². The maximum atomic E-state index is 12.8. The van der Waals surface area contributed by atoms with Gasteiger partial charge >= 0.3 is 0 Å². The summed E-state index contributed by atoms with van der Waals surface area (Å²) in [5, 5.41) is 0.652. The number of carbonyl (C=O) groups is 1. The Balaban J connectivity index is 1.53. The number of ether oxygens (including phenoxy) is 2. The molecular weight excluding hydrogens is 452 g/mol. The molecule has 0 spiro atoms. The van der Waals surface area contributed by atoms with Crippen LogP contribution in [0.15, 0.2) is 87.6 Å². The van der Waals surface area contributed by atoms with E-state index in [4.69, 9.17) is 9.47 Å². The van der Waals surface area contributed by atoms with Crippen molar-refractivity contribution in [3.63, 3.8) is 0 Å². The highest BCUT2D eigenvalue weighted by molar-refractivity contribution is 8.18. The minimum atomic E-state index is -0.0804. The number of carbonyl (C=O) groups excluding carboxylic acids is 1. The predicted octanol–water partition coefficient (Wildman–Crippen LogP) is 6.23. The maximum Gasteiger partial charge on any atom is 0.266 e. The topological polar surface area (TPSA) is 51.1 Å². The van der Waals surface area contributed by atoms with Crippen LogP contribution in [0.3, 0.4) is 0 Å². The summed E-state index contributed by atoms with van der Waals surface area (Å²) in [7, 11) is 3.35. The summed E-state index contributed by atoms with van der Waals surface area (Å²) < 4.78 is 11.5. The molecule has 0 atom stereocenters. The smallest absolute Gasteiger partial charge is 0.266 e. The van der Waals surface area contributed by atoms with E-state index >= 15 is 0 Å². The molecule has 0 saturated carbocycles. The van der Waals surface area contributed by atoms with Crippen LogP contribution < -0.4 is 9.47 Å². The molecule has 168 valence electrons. The monoisotopic (exact) mass is 476 g/mol. The minimum absolute atomic E-state index is 0.0804. The molecule has 3 aromatic rings. The maximum absolute atomic E-state index is 12.8. The fraction of sp³-hybridized carbons (Fsp3) is 0.154. The van der Waals surface area contributed by atoms with Crippen LogP contribution in [0.1, 0.15) is 11.1 Å². The van der Waals surface area contributed by atoms with Crippen LogP contribution in [0.4, 0.5) is 5.69 Å². The molecule has 1 heterocycles. The molecule has 1 fully saturated rings. The van der Waals surface area contributed by atoms with Gasteiger partial charge in [0.05, 0.1) is 17.7 Å². The Bertz CT molecular complexity index is 1210. The summed E-state index contributed by atoms with van der Waals surface area (Å²) in [5.74, 6) is 1.19. The number of rotatable bonds is 7. The third kappa shape index (κ3) is 5.61. The Morgan fingerprint density at radius 3 is 2.61 bits per heavy atom. The van der Waals surface area contributed by atoms with Gasteiger partial charge in [0.25, 0.3) is 5.91 Å². The number of benzene rings is 3. The highest BCUT2D eigenvalue weighted by Crippen LogP contribution is 2.35. The van der Waals surface area contributed by atoms with Crippen LogP contribution in [-0.2, 0) is 11.4 Å². The molecule has 5 nitrogen and oxygen atoms in total. The van der Waals surface area contributed by atoms with E-state index in [0.29, 0.717) is 28.2 Å². The zero-order valence-corrected chi connectivity index (χ0v) is 20.3. The van der Waals surface area contributed by atoms with Gasteiger partial charge in [0.15, 0.2) is 16.7 Å². The zero-order chi connectivity index (χ0) is 23.2. The second-order valence-corrected chi connectivity index (χ2v) is 9.14. The molecule has 0 aromatic heterocycles. The van der Waals surface area contributed by atoms with E-state index in [1.807, 2.05) is 85.1 Å². The highest BCUT2D eigenvalue weighted by Gasteiger charge is 2.30. The van der Waals surface area contributed by atoms with Gasteiger partial charge in [0, 0.05) is 11.9 Å². The number of nitrogens with zero attached hydrogens (tertiary/aromatic N) is 2. The van der Waals surface area contributed by atoms with E-state index in [2.05, 4.69) is 4.99 Å². The van der Waals surface area contributed by atoms with Crippen LogP contribution in [0.25, 0.3) is 6.08 Å². The first-order valence-electron chi connectivity index (χ1n) is 10.3. The lowest BCUT2D eigenvalue weighted by Crippen LogP contribution is -2.23. The first kappa shape index (κ1) is 23.0. The standard InChI is InChI=1S/C26H24N2O3S2/c1-28-25(29)24(33-26(28)27-20-10-7-11-21(16-20)32-3)15-19-12-13-22(23(14-19)30-2)31-17-18-8-5-4-6-9-18/h4-16H,17H2,1-3H3. The van der Waals surface area contributed by atoms with Gasteiger partial charge in [-0.3, -0.25) is 9.69 Å². The van der Waals surface area contributed by atoms with Gasteiger partial charge in [-0.1, -0.05) is 42.5 Å². The SMILES string of the molecule is COc1cc(C=C2SC(=Nc3cccc(SC)c3)N(C)C2=O)ccc1OCc1ccccc1. The van der Waals surface area contributed by atoms with Crippen LogP contribution in [0.2, 0.25) is 0 Å². The Kier molecular flexibility index (Phi) is 7.42. The number of thioether (sulfide) groups is 2. The lowest BCUT2D eigenvalue weighted by atomic mass is 10.2. The molecule has 1 saturated heterocycles. The predicted molar refractivity (Wildman–Crippen MR) is 137 cm³/mol. The average Bonchev–Trinajstić information content (AvgIpc) is 3.11. The molecule has 0 radical (unpaired) electrons. The van der Waals surface area contributed by atoms with E-state index < -0.39 is 0 Å². The van der Waals surface area contributed by atoms with Gasteiger partial charge in [-0.15, -0.1) is 11.8 Å². The van der Waals surface area contributed by atoms with Crippen LogP contribution in [0.5, 0.6) is 11.5 Å². The summed E-state index contributed by atoms with van der Waals surface area (Å²) in [4.78, 5) is 20.8. The quantitative estimate of drug-likeness (QED) is 0.299. The first-order valence-corrected chi connectivity index (χ1v) is 12.4. The van der Waals surface area contributed by atoms with Gasteiger partial charge in [-0.2, -0.15) is 0 Å². The van der Waals surface area contributed by atoms with Crippen molar-refractivity contribution >= 4 is 46.4 Å².